The van der Waals surface area contributed by atoms with Crippen LogP contribution in [0.4, 0.5) is 4.79 Å². The van der Waals surface area contributed by atoms with Crippen LogP contribution in [0.1, 0.15) is 10.4 Å². The Hall–Kier alpha value is -2.64. The number of imide groups is 1. The summed E-state index contributed by atoms with van der Waals surface area (Å²) in [6.45, 7) is 0.361. The molecule has 0 unspecified atom stereocenters. The Morgan fingerprint density at radius 2 is 1.92 bits per heavy atom. The second-order valence-electron chi connectivity index (χ2n) is 5.38. The third kappa shape index (κ3) is 4.71. The summed E-state index contributed by atoms with van der Waals surface area (Å²) in [5.74, 6) is -0.586. The molecule has 26 heavy (non-hydrogen) atoms. The Morgan fingerprint density at radius 3 is 2.65 bits per heavy atom. The summed E-state index contributed by atoms with van der Waals surface area (Å²) in [5, 5.41) is 4.29. The molecule has 0 atom stereocenters. The summed E-state index contributed by atoms with van der Waals surface area (Å²) in [5.41, 5.74) is 0.866. The Balaban J connectivity index is 1.52. The molecular weight excluding hydrogens is 368 g/mol. The number of amides is 3. The van der Waals surface area contributed by atoms with Crippen LogP contribution in [0.2, 0.25) is 0 Å². The highest BCUT2D eigenvalue weighted by atomic mass is 32.2. The molecule has 1 aliphatic rings. The van der Waals surface area contributed by atoms with Crippen LogP contribution in [0, 0.1) is 0 Å². The van der Waals surface area contributed by atoms with E-state index in [-0.39, 0.29) is 30.1 Å². The van der Waals surface area contributed by atoms with Crippen molar-refractivity contribution in [3.05, 3.63) is 69.3 Å². The molecule has 0 spiro atoms. The number of thiophene rings is 1. The number of carbonyl (C=O) groups is 3. The number of benzene rings is 1. The fourth-order valence-corrected chi connectivity index (χ4v) is 3.77. The normalized spacial score (nSPS) is 16.0. The van der Waals surface area contributed by atoms with Gasteiger partial charge in [0.25, 0.3) is 11.1 Å². The lowest BCUT2D eigenvalue weighted by Crippen LogP contribution is -2.36. The molecule has 0 aliphatic carbocycles. The third-order valence-corrected chi connectivity index (χ3v) is 5.29. The molecule has 0 radical (unpaired) electrons. The van der Waals surface area contributed by atoms with Crippen molar-refractivity contribution in [2.45, 2.75) is 0 Å². The molecule has 3 rings (SSSR count). The molecule has 1 aromatic heterocycles. The van der Waals surface area contributed by atoms with Crippen LogP contribution in [0.25, 0.3) is 12.2 Å². The second-order valence-corrected chi connectivity index (χ2v) is 7.36. The van der Waals surface area contributed by atoms with Crippen molar-refractivity contribution in [1.29, 1.82) is 0 Å². The van der Waals surface area contributed by atoms with Crippen LogP contribution < -0.4 is 5.32 Å². The van der Waals surface area contributed by atoms with Gasteiger partial charge in [-0.05, 0) is 40.9 Å². The van der Waals surface area contributed by atoms with E-state index in [0.29, 0.717) is 4.91 Å². The van der Waals surface area contributed by atoms with E-state index in [0.717, 1.165) is 27.1 Å². The third-order valence-electron chi connectivity index (χ3n) is 3.55. The first-order valence-electron chi connectivity index (χ1n) is 7.93. The Kier molecular flexibility index (Phi) is 6.04. The number of nitrogens with one attached hydrogen (secondary N) is 1. The maximum atomic E-state index is 12.4. The number of carbonyl (C=O) groups excluding carboxylic acids is 3. The monoisotopic (exact) mass is 384 g/mol. The van der Waals surface area contributed by atoms with Gasteiger partial charge in [0.1, 0.15) is 0 Å². The van der Waals surface area contributed by atoms with Crippen molar-refractivity contribution in [1.82, 2.24) is 10.2 Å². The van der Waals surface area contributed by atoms with Crippen LogP contribution in [0.3, 0.4) is 0 Å². The largest absolute Gasteiger partial charge is 0.351 e. The summed E-state index contributed by atoms with van der Waals surface area (Å²) in [4.78, 5) is 38.7. The van der Waals surface area contributed by atoms with Gasteiger partial charge < -0.3 is 5.32 Å². The van der Waals surface area contributed by atoms with Gasteiger partial charge in [0.05, 0.1) is 4.91 Å². The summed E-state index contributed by atoms with van der Waals surface area (Å²) in [6.07, 6.45) is 4.87. The van der Waals surface area contributed by atoms with Gasteiger partial charge >= 0.3 is 0 Å². The van der Waals surface area contributed by atoms with E-state index >= 15 is 0 Å². The van der Waals surface area contributed by atoms with Gasteiger partial charge in [-0.25, -0.2) is 0 Å². The summed E-state index contributed by atoms with van der Waals surface area (Å²) >= 11 is 2.45. The molecule has 2 heterocycles. The number of nitrogens with zero attached hydrogens (tertiary/aromatic N) is 1. The molecule has 0 bridgehead atoms. The molecule has 1 aromatic carbocycles. The van der Waals surface area contributed by atoms with Crippen molar-refractivity contribution in [2.24, 2.45) is 0 Å². The molecule has 0 saturated carbocycles. The SMILES string of the molecule is O=C(C=Cc1cccs1)NCCN1C(=O)SC(=Cc2ccccc2)C1=O. The van der Waals surface area contributed by atoms with Crippen molar-refractivity contribution < 1.29 is 14.4 Å². The molecule has 5 nitrogen and oxygen atoms in total. The highest BCUT2D eigenvalue weighted by Crippen LogP contribution is 2.31. The predicted molar refractivity (Wildman–Crippen MR) is 105 cm³/mol. The average molecular weight is 384 g/mol. The molecule has 1 saturated heterocycles. The average Bonchev–Trinajstić information content (AvgIpc) is 3.25. The maximum absolute atomic E-state index is 12.4. The lowest BCUT2D eigenvalue weighted by molar-refractivity contribution is -0.123. The summed E-state index contributed by atoms with van der Waals surface area (Å²) in [6, 6.07) is 13.2. The maximum Gasteiger partial charge on any atom is 0.293 e. The molecule has 132 valence electrons. The lowest BCUT2D eigenvalue weighted by Gasteiger charge is -2.12. The van der Waals surface area contributed by atoms with E-state index in [1.807, 2.05) is 47.8 Å². The van der Waals surface area contributed by atoms with Gasteiger partial charge in [-0.15, -0.1) is 11.3 Å². The Labute approximate surface area is 159 Å². The van der Waals surface area contributed by atoms with Crippen molar-refractivity contribution in [3.8, 4) is 0 Å². The van der Waals surface area contributed by atoms with Gasteiger partial charge in [0.15, 0.2) is 0 Å². The predicted octanol–water partition coefficient (Wildman–Crippen LogP) is 3.61. The van der Waals surface area contributed by atoms with E-state index in [1.165, 1.54) is 17.4 Å². The minimum Gasteiger partial charge on any atom is -0.351 e. The Bertz CT molecular complexity index is 858. The van der Waals surface area contributed by atoms with Gasteiger partial charge in [0, 0.05) is 24.0 Å². The first-order chi connectivity index (χ1) is 12.6. The minimum absolute atomic E-state index is 0.148. The van der Waals surface area contributed by atoms with Crippen molar-refractivity contribution >= 4 is 52.3 Å². The highest BCUT2D eigenvalue weighted by molar-refractivity contribution is 8.18. The molecule has 3 amide bonds. The molecule has 2 aromatic rings. The second kappa shape index (κ2) is 8.64. The van der Waals surface area contributed by atoms with E-state index in [9.17, 15) is 14.4 Å². The van der Waals surface area contributed by atoms with Crippen molar-refractivity contribution in [2.75, 3.05) is 13.1 Å². The summed E-state index contributed by atoms with van der Waals surface area (Å²) in [7, 11) is 0. The van der Waals surface area contributed by atoms with E-state index in [1.54, 1.807) is 12.2 Å². The number of hydrogen-bond donors (Lipinski definition) is 1. The van der Waals surface area contributed by atoms with Gasteiger partial charge in [-0.2, -0.15) is 0 Å². The van der Waals surface area contributed by atoms with Gasteiger partial charge in [-0.1, -0.05) is 36.4 Å². The first-order valence-corrected chi connectivity index (χ1v) is 9.63. The molecular formula is C19H16N2O3S2. The fraction of sp³-hybridized carbons (Fsp3) is 0.105. The zero-order valence-electron chi connectivity index (χ0n) is 13.8. The molecule has 1 aliphatic heterocycles. The minimum atomic E-state index is -0.327. The van der Waals surface area contributed by atoms with Crippen molar-refractivity contribution in [3.63, 3.8) is 0 Å². The van der Waals surface area contributed by atoms with Crippen LogP contribution in [-0.4, -0.2) is 35.0 Å². The van der Waals surface area contributed by atoms with Gasteiger partial charge in [-0.3, -0.25) is 19.3 Å². The topological polar surface area (TPSA) is 66.5 Å². The smallest absolute Gasteiger partial charge is 0.293 e. The quantitative estimate of drug-likeness (QED) is 0.773. The first kappa shape index (κ1) is 18.2. The molecule has 1 fully saturated rings. The number of thioether (sulfide) groups is 1. The van der Waals surface area contributed by atoms with Gasteiger partial charge in [0.2, 0.25) is 5.91 Å². The van der Waals surface area contributed by atoms with E-state index < -0.39 is 0 Å². The highest BCUT2D eigenvalue weighted by Gasteiger charge is 2.34. The van der Waals surface area contributed by atoms with E-state index in [2.05, 4.69) is 5.32 Å². The summed E-state index contributed by atoms with van der Waals surface area (Å²) < 4.78 is 0. The van der Waals surface area contributed by atoms with Crippen LogP contribution >= 0.6 is 23.1 Å². The van der Waals surface area contributed by atoms with Crippen LogP contribution in [0.15, 0.2) is 58.8 Å². The number of hydrogen-bond acceptors (Lipinski definition) is 5. The fourth-order valence-electron chi connectivity index (χ4n) is 2.29. The molecule has 1 N–H and O–H groups in total. The van der Waals surface area contributed by atoms with E-state index in [4.69, 9.17) is 0 Å². The molecule has 7 heteroatoms. The zero-order valence-corrected chi connectivity index (χ0v) is 15.4. The number of rotatable bonds is 6. The Morgan fingerprint density at radius 1 is 1.12 bits per heavy atom. The lowest BCUT2D eigenvalue weighted by atomic mass is 10.2. The van der Waals surface area contributed by atoms with Crippen LogP contribution in [0.5, 0.6) is 0 Å². The zero-order chi connectivity index (χ0) is 18.4. The standard InChI is InChI=1S/C19H16N2O3S2/c22-17(9-8-15-7-4-12-25-15)20-10-11-21-18(23)16(26-19(21)24)13-14-5-2-1-3-6-14/h1-9,12-13H,10-11H2,(H,20,22). The van der Waals surface area contributed by atoms with Crippen LogP contribution in [-0.2, 0) is 9.59 Å².